The molecule has 3 heterocycles. The Hall–Kier alpha value is -2.89. The van der Waals surface area contributed by atoms with Crippen molar-refractivity contribution in [2.24, 2.45) is 0 Å². The van der Waals surface area contributed by atoms with E-state index in [1.165, 1.54) is 6.26 Å². The summed E-state index contributed by atoms with van der Waals surface area (Å²) in [4.78, 5) is 20.5. The monoisotopic (exact) mass is 268 g/mol. The number of rotatable bonds is 3. The third-order valence-electron chi connectivity index (χ3n) is 2.83. The highest BCUT2D eigenvalue weighted by Crippen LogP contribution is 2.19. The summed E-state index contributed by atoms with van der Waals surface area (Å²) in [5, 5.41) is 2.78. The van der Waals surface area contributed by atoms with Crippen LogP contribution in [0.2, 0.25) is 0 Å². The Labute approximate surface area is 115 Å². The lowest BCUT2D eigenvalue weighted by Crippen LogP contribution is -2.14. The third kappa shape index (κ3) is 2.18. The quantitative estimate of drug-likeness (QED) is 0.791. The van der Waals surface area contributed by atoms with Crippen LogP contribution in [-0.2, 0) is 0 Å². The van der Waals surface area contributed by atoms with E-state index in [0.29, 0.717) is 11.5 Å². The molecular weight excluding hydrogens is 256 g/mol. The van der Waals surface area contributed by atoms with Crippen molar-refractivity contribution in [1.29, 1.82) is 0 Å². The first-order chi connectivity index (χ1) is 9.75. The van der Waals surface area contributed by atoms with E-state index in [0.717, 1.165) is 5.82 Å². The van der Waals surface area contributed by atoms with E-state index in [1.54, 1.807) is 47.4 Å². The first kappa shape index (κ1) is 12.2. The van der Waals surface area contributed by atoms with E-state index < -0.39 is 0 Å². The fourth-order valence-electron chi connectivity index (χ4n) is 1.88. The van der Waals surface area contributed by atoms with Gasteiger partial charge < -0.3 is 9.73 Å². The van der Waals surface area contributed by atoms with Gasteiger partial charge in [-0.15, -0.1) is 0 Å². The highest BCUT2D eigenvalue weighted by molar-refractivity contribution is 6.03. The van der Waals surface area contributed by atoms with Gasteiger partial charge in [0.05, 0.1) is 12.0 Å². The predicted octanol–water partition coefficient (Wildman–Crippen LogP) is 2.42. The highest BCUT2D eigenvalue weighted by atomic mass is 16.3. The van der Waals surface area contributed by atoms with Gasteiger partial charge in [-0.05, 0) is 31.2 Å². The van der Waals surface area contributed by atoms with Gasteiger partial charge in [-0.2, -0.15) is 0 Å². The fraction of sp³-hybridized carbons (Fsp3) is 0.0714. The molecule has 0 saturated heterocycles. The number of aryl methyl sites for hydroxylation is 1. The van der Waals surface area contributed by atoms with Gasteiger partial charge in [0.15, 0.2) is 11.6 Å². The number of hydrogen-bond donors (Lipinski definition) is 1. The first-order valence-corrected chi connectivity index (χ1v) is 6.06. The fourth-order valence-corrected chi connectivity index (χ4v) is 1.88. The molecule has 0 aliphatic carbocycles. The van der Waals surface area contributed by atoms with Gasteiger partial charge in [0, 0.05) is 18.6 Å². The molecule has 1 amide bonds. The second kappa shape index (κ2) is 5.00. The second-order valence-electron chi connectivity index (χ2n) is 4.15. The topological polar surface area (TPSA) is 73.0 Å². The molecule has 0 spiro atoms. The maximum absolute atomic E-state index is 12.0. The van der Waals surface area contributed by atoms with E-state index in [1.807, 2.05) is 6.92 Å². The van der Waals surface area contributed by atoms with Crippen molar-refractivity contribution in [2.75, 3.05) is 5.32 Å². The van der Waals surface area contributed by atoms with Gasteiger partial charge in [-0.3, -0.25) is 9.36 Å². The van der Waals surface area contributed by atoms with Gasteiger partial charge >= 0.3 is 0 Å². The van der Waals surface area contributed by atoms with Crippen LogP contribution in [0, 0.1) is 6.92 Å². The summed E-state index contributed by atoms with van der Waals surface area (Å²) in [6, 6.07) is 6.81. The minimum atomic E-state index is -0.318. The summed E-state index contributed by atoms with van der Waals surface area (Å²) < 4.78 is 6.87. The zero-order valence-electron chi connectivity index (χ0n) is 10.8. The van der Waals surface area contributed by atoms with Gasteiger partial charge in [-0.1, -0.05) is 0 Å². The van der Waals surface area contributed by atoms with Crippen molar-refractivity contribution >= 4 is 11.6 Å². The van der Waals surface area contributed by atoms with E-state index in [-0.39, 0.29) is 11.7 Å². The molecule has 0 aliphatic rings. The van der Waals surface area contributed by atoms with Crippen LogP contribution in [0.4, 0.5) is 5.69 Å². The van der Waals surface area contributed by atoms with Crippen LogP contribution in [0.1, 0.15) is 16.4 Å². The normalized spacial score (nSPS) is 10.4. The number of carbonyl (C=O) groups excluding carboxylic acids is 1. The van der Waals surface area contributed by atoms with Crippen LogP contribution < -0.4 is 5.32 Å². The Morgan fingerprint density at radius 2 is 2.15 bits per heavy atom. The van der Waals surface area contributed by atoms with Crippen molar-refractivity contribution in [2.45, 2.75) is 6.92 Å². The van der Waals surface area contributed by atoms with Crippen LogP contribution in [0.25, 0.3) is 5.82 Å². The van der Waals surface area contributed by atoms with Gasteiger partial charge in [0.2, 0.25) is 0 Å². The van der Waals surface area contributed by atoms with Crippen molar-refractivity contribution in [3.8, 4) is 5.82 Å². The number of anilines is 1. The Bertz CT molecular complexity index is 731. The molecule has 0 aromatic carbocycles. The number of carbonyl (C=O) groups is 1. The zero-order chi connectivity index (χ0) is 13.9. The molecule has 0 fully saturated rings. The Morgan fingerprint density at radius 3 is 2.85 bits per heavy atom. The summed E-state index contributed by atoms with van der Waals surface area (Å²) in [7, 11) is 0. The number of amides is 1. The van der Waals surface area contributed by atoms with Crippen LogP contribution in [0.15, 0.2) is 53.5 Å². The first-order valence-electron chi connectivity index (χ1n) is 6.06. The largest absolute Gasteiger partial charge is 0.459 e. The van der Waals surface area contributed by atoms with Crippen molar-refractivity contribution in [3.05, 3.63) is 60.7 Å². The summed E-state index contributed by atoms with van der Waals surface area (Å²) in [5.74, 6) is 1.34. The van der Waals surface area contributed by atoms with E-state index in [9.17, 15) is 4.79 Å². The average molecular weight is 268 g/mol. The Balaban J connectivity index is 1.95. The molecule has 6 nitrogen and oxygen atoms in total. The van der Waals surface area contributed by atoms with Crippen molar-refractivity contribution in [1.82, 2.24) is 14.5 Å². The minimum Gasteiger partial charge on any atom is -0.459 e. The molecule has 0 saturated carbocycles. The second-order valence-corrected chi connectivity index (χ2v) is 4.15. The molecule has 1 N–H and O–H groups in total. The van der Waals surface area contributed by atoms with Gasteiger partial charge in [-0.25, -0.2) is 9.97 Å². The van der Waals surface area contributed by atoms with Crippen LogP contribution in [0.3, 0.4) is 0 Å². The minimum absolute atomic E-state index is 0.252. The molecule has 6 heteroatoms. The van der Waals surface area contributed by atoms with Crippen molar-refractivity contribution in [3.63, 3.8) is 0 Å². The molecule has 0 unspecified atom stereocenters. The average Bonchev–Trinajstić information content (AvgIpc) is 3.10. The maximum atomic E-state index is 12.0. The Kier molecular flexibility index (Phi) is 3.04. The molecule has 0 atom stereocenters. The number of nitrogens with one attached hydrogen (secondary N) is 1. The predicted molar refractivity (Wildman–Crippen MR) is 72.8 cm³/mol. The van der Waals surface area contributed by atoms with E-state index in [4.69, 9.17) is 4.42 Å². The summed E-state index contributed by atoms with van der Waals surface area (Å²) >= 11 is 0. The SMILES string of the molecule is Cc1nccn1-c1ncccc1NC(=O)c1ccco1. The maximum Gasteiger partial charge on any atom is 0.291 e. The molecule has 0 aliphatic heterocycles. The summed E-state index contributed by atoms with van der Waals surface area (Å²) in [6.45, 7) is 1.87. The number of aromatic nitrogens is 3. The van der Waals surface area contributed by atoms with Crippen molar-refractivity contribution < 1.29 is 9.21 Å². The molecule has 0 bridgehead atoms. The molecule has 100 valence electrons. The number of furan rings is 1. The lowest BCUT2D eigenvalue weighted by molar-refractivity contribution is 0.0996. The molecule has 20 heavy (non-hydrogen) atoms. The van der Waals surface area contributed by atoms with E-state index >= 15 is 0 Å². The van der Waals surface area contributed by atoms with Gasteiger partial charge in [0.25, 0.3) is 5.91 Å². The number of nitrogens with zero attached hydrogens (tertiary/aromatic N) is 3. The number of hydrogen-bond acceptors (Lipinski definition) is 4. The summed E-state index contributed by atoms with van der Waals surface area (Å²) in [5.41, 5.74) is 0.593. The lowest BCUT2D eigenvalue weighted by Gasteiger charge is -2.10. The molecule has 0 radical (unpaired) electrons. The van der Waals surface area contributed by atoms with E-state index in [2.05, 4.69) is 15.3 Å². The molecule has 3 aromatic rings. The van der Waals surface area contributed by atoms with Crippen LogP contribution in [-0.4, -0.2) is 20.4 Å². The number of pyridine rings is 1. The highest BCUT2D eigenvalue weighted by Gasteiger charge is 2.13. The molecular formula is C14H12N4O2. The number of imidazole rings is 1. The summed E-state index contributed by atoms with van der Waals surface area (Å²) in [6.07, 6.45) is 6.60. The Morgan fingerprint density at radius 1 is 1.25 bits per heavy atom. The molecule has 3 rings (SSSR count). The third-order valence-corrected chi connectivity index (χ3v) is 2.83. The standard InChI is InChI=1S/C14H12N4O2/c1-10-15-7-8-18(10)13-11(4-2-6-16-13)17-14(19)12-5-3-9-20-12/h2-9H,1H3,(H,17,19). The van der Waals surface area contributed by atoms with Crippen LogP contribution >= 0.6 is 0 Å². The zero-order valence-corrected chi connectivity index (χ0v) is 10.8. The lowest BCUT2D eigenvalue weighted by atomic mass is 10.3. The van der Waals surface area contributed by atoms with Gasteiger partial charge in [0.1, 0.15) is 5.82 Å². The smallest absolute Gasteiger partial charge is 0.291 e. The van der Waals surface area contributed by atoms with Crippen LogP contribution in [0.5, 0.6) is 0 Å². The molecule has 3 aromatic heterocycles.